The molecular weight excluding hydrogens is 903 g/mol. The van der Waals surface area contributed by atoms with E-state index in [-0.39, 0.29) is 0 Å². The van der Waals surface area contributed by atoms with E-state index in [1.807, 2.05) is 25.7 Å². The second-order valence-corrected chi connectivity index (χ2v) is 53.1. The van der Waals surface area contributed by atoms with Gasteiger partial charge >= 0.3 is 0 Å². The Morgan fingerprint density at radius 2 is 0.479 bits per heavy atom. The lowest BCUT2D eigenvalue weighted by Crippen LogP contribution is -2.74. The Hall–Kier alpha value is -2.80. The van der Waals surface area contributed by atoms with E-state index < -0.39 is 21.3 Å². The van der Waals surface area contributed by atoms with Gasteiger partial charge in [-0.15, -0.1) is 0 Å². The van der Waals surface area contributed by atoms with Crippen LogP contribution in [0.15, 0.2) is 53.5 Å². The van der Waals surface area contributed by atoms with Gasteiger partial charge in [0.05, 0.1) is 0 Å². The zero-order valence-electron chi connectivity index (χ0n) is 50.1. The van der Waals surface area contributed by atoms with Crippen molar-refractivity contribution >= 4 is 47.0 Å². The molecule has 4 aromatic rings. The van der Waals surface area contributed by atoms with Crippen molar-refractivity contribution in [3.05, 3.63) is 115 Å². The molecule has 2 saturated heterocycles. The van der Waals surface area contributed by atoms with Crippen LogP contribution in [0.2, 0.25) is 0 Å². The Morgan fingerprint density at radius 3 is 0.662 bits per heavy atom. The maximum Gasteiger partial charge on any atom is 0.134 e. The van der Waals surface area contributed by atoms with Crippen molar-refractivity contribution in [2.45, 2.75) is 275 Å². The Morgan fingerprint density at radius 1 is 0.282 bits per heavy atom. The third kappa shape index (κ3) is 8.80. The first-order chi connectivity index (χ1) is 33.2. The van der Waals surface area contributed by atoms with Crippen LogP contribution in [0, 0.1) is 0 Å². The van der Waals surface area contributed by atoms with Crippen LogP contribution in [0.3, 0.4) is 0 Å². The maximum absolute atomic E-state index is 6.70. The summed E-state index contributed by atoms with van der Waals surface area (Å²) in [6.45, 7) is 60.7. The molecule has 0 amide bonds. The van der Waals surface area contributed by atoms with Crippen molar-refractivity contribution in [3.63, 3.8) is 0 Å². The summed E-state index contributed by atoms with van der Waals surface area (Å²) in [6.07, 6.45) is 6.50. The van der Waals surface area contributed by atoms with Gasteiger partial charge in [-0.05, 0) is 156 Å². The normalized spacial score (nSPS) is 20.4. The van der Waals surface area contributed by atoms with Crippen LogP contribution in [0.25, 0.3) is 0 Å². The quantitative estimate of drug-likeness (QED) is 0.0935. The first-order valence-corrected chi connectivity index (χ1v) is 38.5. The Kier molecular flexibility index (Phi) is 16.3. The zero-order valence-corrected chi connectivity index (χ0v) is 53.1. The number of fused-ring (bicyclic) bond motifs is 1. The van der Waals surface area contributed by atoms with Gasteiger partial charge in [-0.25, -0.2) is 0 Å². The average Bonchev–Trinajstić information content (AvgIpc) is 4.11. The Labute approximate surface area is 440 Å². The lowest BCUT2D eigenvalue weighted by Gasteiger charge is -2.42. The highest BCUT2D eigenvalue weighted by molar-refractivity contribution is 8.48. The van der Waals surface area contributed by atoms with Gasteiger partial charge in [0, 0.05) is 6.04 Å². The van der Waals surface area contributed by atoms with Crippen LogP contribution >= 0.6 is 0 Å². The smallest absolute Gasteiger partial charge is 0.134 e. The third-order valence-corrected chi connectivity index (χ3v) is 65.3. The fourth-order valence-corrected chi connectivity index (χ4v) is 93.3. The predicted octanol–water partition coefficient (Wildman–Crippen LogP) is 17.6. The molecule has 3 fully saturated rings. The molecule has 2 heterocycles. The van der Waals surface area contributed by atoms with Crippen LogP contribution in [-0.4, -0.2) is 32.3 Å². The molecule has 2 unspecified atom stereocenters. The van der Waals surface area contributed by atoms with Crippen LogP contribution in [0.5, 0.6) is 0 Å². The summed E-state index contributed by atoms with van der Waals surface area (Å²) in [5.41, 5.74) is 19.7. The second-order valence-electron chi connectivity index (χ2n) is 27.2. The number of aliphatic imine (C=N–C) groups is 1. The molecule has 7 rings (SSSR count). The van der Waals surface area contributed by atoms with Gasteiger partial charge in [-0.1, -0.05) is 255 Å². The molecule has 71 heavy (non-hydrogen) atoms. The van der Waals surface area contributed by atoms with Crippen molar-refractivity contribution in [3.8, 4) is 0 Å². The van der Waals surface area contributed by atoms with Crippen LogP contribution in [0.4, 0.5) is 0 Å². The van der Waals surface area contributed by atoms with E-state index in [4.69, 9.17) is 4.99 Å². The number of hydrogen-bond acceptors (Lipinski definition) is 1. The number of hydrogen-bond donors (Lipinski definition) is 0. The van der Waals surface area contributed by atoms with Gasteiger partial charge in [0.15, 0.2) is 0 Å². The molecule has 0 radical (unpaired) electrons. The second kappa shape index (κ2) is 20.7. The van der Waals surface area contributed by atoms with Crippen LogP contribution in [0.1, 0.15) is 336 Å². The van der Waals surface area contributed by atoms with E-state index in [1.54, 1.807) is 44.5 Å². The summed E-state index contributed by atoms with van der Waals surface area (Å²) in [5.74, 6) is 5.08. The first kappa shape index (κ1) is 55.9. The van der Waals surface area contributed by atoms with Crippen molar-refractivity contribution < 1.29 is 0 Å². The van der Waals surface area contributed by atoms with Gasteiger partial charge in [0.1, 0.15) is 21.3 Å². The summed E-state index contributed by atoms with van der Waals surface area (Å²) in [4.78, 5) is 8.56. The molecule has 1 nitrogen and oxygen atoms in total. The van der Waals surface area contributed by atoms with E-state index in [1.165, 1.54) is 54.4 Å². The standard InChI is InChI=1S/C67H103NSi3/c1-38(2)50-30-55(42(9)10)63(56(31-50)43(11)12)69(64-57(44(13)14)32-51(39(3)4)33-58(64)45(15)16)70(65-59(46(17)18)34-52(40(5)6)35-60(65)47(19)20)67(68-54-28-26-25-27-29-54)71(69,70)66-61(48(21)22)36-53(41(7)8)37-62(66)49(23)24/h30-49,54H,25-29H2,1-24H3. The Bertz CT molecular complexity index is 2340. The van der Waals surface area contributed by atoms with Gasteiger partial charge in [-0.3, -0.25) is 0 Å². The van der Waals surface area contributed by atoms with E-state index in [9.17, 15) is 0 Å². The molecule has 0 aromatic heterocycles. The van der Waals surface area contributed by atoms with Crippen molar-refractivity contribution in [1.29, 1.82) is 0 Å². The minimum absolute atomic E-state index is 0.399. The third-order valence-electron chi connectivity index (χ3n) is 18.2. The summed E-state index contributed by atoms with van der Waals surface area (Å²) in [7, 11) is -8.59. The molecular formula is C67H103NSi3. The average molecular weight is 1010 g/mol. The van der Waals surface area contributed by atoms with Crippen molar-refractivity contribution in [2.24, 2.45) is 4.99 Å². The van der Waals surface area contributed by atoms with Crippen molar-refractivity contribution in [2.75, 3.05) is 0 Å². The van der Waals surface area contributed by atoms with E-state index in [0.29, 0.717) is 77.1 Å². The predicted molar refractivity (Wildman–Crippen MR) is 325 cm³/mol. The molecule has 3 aliphatic rings. The van der Waals surface area contributed by atoms with E-state index >= 15 is 0 Å². The lowest BCUT2D eigenvalue weighted by molar-refractivity contribution is 0.444. The Balaban J connectivity index is 1.98. The minimum atomic E-state index is -2.94. The molecule has 1 aliphatic carbocycles. The largest absolute Gasteiger partial charge is 0.300 e. The van der Waals surface area contributed by atoms with Gasteiger partial charge < -0.3 is 4.99 Å². The molecule has 388 valence electrons. The van der Waals surface area contributed by atoms with Gasteiger partial charge in [0.25, 0.3) is 0 Å². The topological polar surface area (TPSA) is 12.4 Å². The molecule has 0 N–H and O–H groups in total. The molecule has 2 atom stereocenters. The number of benzene rings is 4. The molecule has 4 heteroatoms. The summed E-state index contributed by atoms with van der Waals surface area (Å²) in [5, 5.41) is 7.60. The maximum atomic E-state index is 6.70. The number of nitrogens with zero attached hydrogens (tertiary/aromatic N) is 1. The molecule has 1 saturated carbocycles. The fraction of sp³-hybridized carbons (Fsp3) is 0.627. The lowest BCUT2D eigenvalue weighted by atomic mass is 9.89. The van der Waals surface area contributed by atoms with Crippen molar-refractivity contribution in [1.82, 2.24) is 0 Å². The SMILES string of the molecule is CC(C)c1cc(C(C)C)c([Si]23C(=NC4CCCCC4)[Si]2(c2c(C(C)C)cc(C(C)C)cc2C(C)C)[Si]3(c2c(C(C)C)cc(C(C)C)cc2C(C)C)c2c(C(C)C)cc(C(C)C)cc2C(C)C)c(C(C)C)c1. The highest BCUT2D eigenvalue weighted by Crippen LogP contribution is 2.70. The summed E-state index contributed by atoms with van der Waals surface area (Å²) < 4.78 is 0. The monoisotopic (exact) mass is 1010 g/mol. The fourth-order valence-electron chi connectivity index (χ4n) is 14.2. The van der Waals surface area contributed by atoms with E-state index in [2.05, 4.69) is 215 Å². The van der Waals surface area contributed by atoms with Crippen LogP contribution in [-0.2, 0) is 0 Å². The highest BCUT2D eigenvalue weighted by Gasteiger charge is 3.11. The molecule has 0 bridgehead atoms. The van der Waals surface area contributed by atoms with Crippen LogP contribution < -0.4 is 20.7 Å². The highest BCUT2D eigenvalue weighted by atomic mass is 30.2. The molecule has 2 aliphatic heterocycles. The first-order valence-electron chi connectivity index (χ1n) is 29.5. The van der Waals surface area contributed by atoms with Gasteiger partial charge in [0.2, 0.25) is 0 Å². The summed E-state index contributed by atoms with van der Waals surface area (Å²) >= 11 is 0. The minimum Gasteiger partial charge on any atom is -0.300 e. The summed E-state index contributed by atoms with van der Waals surface area (Å²) in [6, 6.07) is 22.7. The molecule has 0 spiro atoms. The molecule has 4 aromatic carbocycles. The van der Waals surface area contributed by atoms with Gasteiger partial charge in [-0.2, -0.15) is 0 Å². The zero-order chi connectivity index (χ0) is 52.7. The number of rotatable bonds is 17. The van der Waals surface area contributed by atoms with E-state index in [0.717, 1.165) is 0 Å².